The van der Waals surface area contributed by atoms with Gasteiger partial charge in [-0.3, -0.25) is 22.1 Å². The van der Waals surface area contributed by atoms with Gasteiger partial charge < -0.3 is 11.7 Å². The minimum Gasteiger partial charge on any atom is -0.600 e. The molecule has 0 fully saturated rings. The second kappa shape index (κ2) is 13.1. The standard InChI is InChI=1S/C20H13N2.C7H8O.Ir/c1-2-7-15(8-3-1)18-11-6-12-19(22-18)20-13-16-9-4-5-10-17(16)14-21-20;1-2-3-4-5-6-7-8;/h1-7,9-14H;1-2,4,6-8H,3H2;/q-1;-2;+3. The summed E-state index contributed by atoms with van der Waals surface area (Å²) in [6, 6.07) is 27.4. The zero-order valence-electron chi connectivity index (χ0n) is 16.8. The Morgan fingerprint density at radius 3 is 2.45 bits per heavy atom. The Kier molecular flexibility index (Phi) is 10.1. The third-order valence-corrected chi connectivity index (χ3v) is 4.17. The van der Waals surface area contributed by atoms with Gasteiger partial charge in [-0.15, -0.1) is 35.9 Å². The van der Waals surface area contributed by atoms with Crippen molar-refractivity contribution in [3.63, 3.8) is 0 Å². The number of hydrogen-bond acceptors (Lipinski definition) is 3. The molecule has 0 radical (unpaired) electrons. The van der Waals surface area contributed by atoms with Gasteiger partial charge in [0.2, 0.25) is 0 Å². The molecule has 4 aromatic rings. The van der Waals surface area contributed by atoms with Crippen LogP contribution < -0.4 is 0 Å². The Morgan fingerprint density at radius 2 is 1.71 bits per heavy atom. The molecule has 0 saturated carbocycles. The zero-order chi connectivity index (χ0) is 21.0. The van der Waals surface area contributed by atoms with Gasteiger partial charge in [0.25, 0.3) is 0 Å². The largest absolute Gasteiger partial charge is 3.00 e. The number of aliphatic hydroxyl groups excluding tert-OH is 1. The van der Waals surface area contributed by atoms with E-state index in [1.165, 1.54) is 17.5 Å². The van der Waals surface area contributed by atoms with Crippen molar-refractivity contribution in [1.29, 1.82) is 0 Å². The molecule has 4 heteroatoms. The molecule has 0 aliphatic heterocycles. The summed E-state index contributed by atoms with van der Waals surface area (Å²) >= 11 is 0. The predicted molar refractivity (Wildman–Crippen MR) is 122 cm³/mol. The van der Waals surface area contributed by atoms with E-state index in [0.717, 1.165) is 34.3 Å². The van der Waals surface area contributed by atoms with Gasteiger partial charge in [-0.1, -0.05) is 49.1 Å². The zero-order valence-corrected chi connectivity index (χ0v) is 19.2. The predicted octanol–water partition coefficient (Wildman–Crippen LogP) is 6.56. The maximum Gasteiger partial charge on any atom is 3.00 e. The van der Waals surface area contributed by atoms with E-state index in [9.17, 15) is 0 Å². The third kappa shape index (κ3) is 7.14. The van der Waals surface area contributed by atoms with Crippen LogP contribution in [0.2, 0.25) is 0 Å². The van der Waals surface area contributed by atoms with Crippen LogP contribution in [0.1, 0.15) is 6.42 Å². The van der Waals surface area contributed by atoms with Crippen molar-refractivity contribution in [1.82, 2.24) is 9.97 Å². The van der Waals surface area contributed by atoms with Crippen LogP contribution in [0.15, 0.2) is 103 Å². The summed E-state index contributed by atoms with van der Waals surface area (Å²) in [5, 5.41) is 10.4. The molecular weight excluding hydrogens is 561 g/mol. The Balaban J connectivity index is 0.000000329. The normalized spacial score (nSPS) is 10.5. The average Bonchev–Trinajstić information content (AvgIpc) is 2.83. The second-order valence-electron chi connectivity index (χ2n) is 6.26. The molecule has 154 valence electrons. The van der Waals surface area contributed by atoms with Crippen LogP contribution in [0.25, 0.3) is 33.4 Å². The van der Waals surface area contributed by atoms with Gasteiger partial charge in [-0.05, 0) is 23.2 Å². The maximum absolute atomic E-state index is 8.06. The van der Waals surface area contributed by atoms with E-state index in [1.54, 1.807) is 6.08 Å². The number of aliphatic hydroxyl groups is 1. The quantitative estimate of drug-likeness (QED) is 0.165. The van der Waals surface area contributed by atoms with Gasteiger partial charge in [0, 0.05) is 11.6 Å². The molecule has 0 amide bonds. The Hall–Kier alpha value is -3.33. The molecule has 2 heterocycles. The number of aromatic nitrogens is 2. The van der Waals surface area contributed by atoms with E-state index in [1.807, 2.05) is 60.8 Å². The van der Waals surface area contributed by atoms with Crippen molar-refractivity contribution >= 4 is 10.8 Å². The summed E-state index contributed by atoms with van der Waals surface area (Å²) in [6.45, 7) is 5.03. The van der Waals surface area contributed by atoms with Crippen molar-refractivity contribution < 1.29 is 25.2 Å². The summed E-state index contributed by atoms with van der Waals surface area (Å²) in [5.74, 6) is 0. The SMILES string of the molecule is [CH-]=CCC=[C-]C=CO.[Ir+3].[c-]1ccccc1-c1cccc(-c2cc3ccccc3cn2)n1. The number of nitrogens with zero attached hydrogens (tertiary/aromatic N) is 2. The summed E-state index contributed by atoms with van der Waals surface area (Å²) < 4.78 is 0. The molecule has 3 nitrogen and oxygen atoms in total. The topological polar surface area (TPSA) is 46.0 Å². The number of pyridine rings is 2. The first kappa shape index (κ1) is 23.9. The molecule has 2 aromatic carbocycles. The van der Waals surface area contributed by atoms with Gasteiger partial charge >= 0.3 is 20.1 Å². The first-order chi connectivity index (χ1) is 14.8. The minimum absolute atomic E-state index is 0. The van der Waals surface area contributed by atoms with Crippen molar-refractivity contribution in [2.75, 3.05) is 0 Å². The number of rotatable bonds is 5. The molecule has 0 aliphatic rings. The van der Waals surface area contributed by atoms with Crippen molar-refractivity contribution in [3.05, 3.63) is 122 Å². The molecule has 31 heavy (non-hydrogen) atoms. The third-order valence-electron chi connectivity index (χ3n) is 4.17. The van der Waals surface area contributed by atoms with Crippen LogP contribution in [-0.2, 0) is 20.1 Å². The number of allylic oxidation sites excluding steroid dienone is 4. The van der Waals surface area contributed by atoms with E-state index in [4.69, 9.17) is 16.7 Å². The molecule has 0 saturated heterocycles. The van der Waals surface area contributed by atoms with E-state index in [-0.39, 0.29) is 20.1 Å². The van der Waals surface area contributed by atoms with Crippen LogP contribution in [0.5, 0.6) is 0 Å². The summed E-state index contributed by atoms with van der Waals surface area (Å²) in [7, 11) is 0. The van der Waals surface area contributed by atoms with Crippen LogP contribution in [-0.4, -0.2) is 15.1 Å². The Morgan fingerprint density at radius 1 is 0.935 bits per heavy atom. The molecule has 0 spiro atoms. The van der Waals surface area contributed by atoms with Gasteiger partial charge in [-0.2, -0.15) is 6.08 Å². The van der Waals surface area contributed by atoms with Crippen LogP contribution >= 0.6 is 0 Å². The van der Waals surface area contributed by atoms with E-state index < -0.39 is 0 Å². The fraction of sp³-hybridized carbons (Fsp3) is 0.0370. The molecule has 2 aromatic heterocycles. The molecule has 4 rings (SSSR count). The number of hydrogen-bond donors (Lipinski definition) is 1. The second-order valence-corrected chi connectivity index (χ2v) is 6.26. The summed E-state index contributed by atoms with van der Waals surface area (Å²) in [6.07, 6.45) is 10.8. The van der Waals surface area contributed by atoms with Gasteiger partial charge in [0.05, 0.1) is 11.4 Å². The Labute approximate surface area is 196 Å². The summed E-state index contributed by atoms with van der Waals surface area (Å²) in [4.78, 5) is 9.27. The summed E-state index contributed by atoms with van der Waals surface area (Å²) in [5.41, 5.74) is 3.66. The average molecular weight is 582 g/mol. The maximum atomic E-state index is 8.06. The van der Waals surface area contributed by atoms with Gasteiger partial charge in [-0.25, -0.2) is 6.08 Å². The molecule has 1 N–H and O–H groups in total. The van der Waals surface area contributed by atoms with Crippen molar-refractivity contribution in [2.45, 2.75) is 6.42 Å². The molecule has 0 bridgehead atoms. The fourth-order valence-corrected chi connectivity index (χ4v) is 2.75. The Bertz CT molecular complexity index is 1150. The van der Waals surface area contributed by atoms with E-state index in [2.05, 4.69) is 35.3 Å². The first-order valence-electron chi connectivity index (χ1n) is 9.51. The molecular formula is C27H21IrN2O. The van der Waals surface area contributed by atoms with Gasteiger partial charge in [0.15, 0.2) is 0 Å². The van der Waals surface area contributed by atoms with Crippen LogP contribution in [0.3, 0.4) is 0 Å². The number of fused-ring (bicyclic) bond motifs is 1. The fourth-order valence-electron chi connectivity index (χ4n) is 2.75. The molecule has 0 atom stereocenters. The van der Waals surface area contributed by atoms with Gasteiger partial charge in [0.1, 0.15) is 0 Å². The van der Waals surface area contributed by atoms with Crippen molar-refractivity contribution in [2.24, 2.45) is 0 Å². The molecule has 0 unspecified atom stereocenters. The number of benzene rings is 2. The monoisotopic (exact) mass is 582 g/mol. The molecule has 0 aliphatic carbocycles. The minimum atomic E-state index is 0. The first-order valence-corrected chi connectivity index (χ1v) is 9.51. The van der Waals surface area contributed by atoms with E-state index >= 15 is 0 Å². The van der Waals surface area contributed by atoms with Crippen LogP contribution in [0.4, 0.5) is 0 Å². The van der Waals surface area contributed by atoms with Crippen molar-refractivity contribution in [3.8, 4) is 22.6 Å². The van der Waals surface area contributed by atoms with Crippen LogP contribution in [0, 0.1) is 18.7 Å². The van der Waals surface area contributed by atoms with E-state index in [0.29, 0.717) is 6.42 Å². The smallest absolute Gasteiger partial charge is 0.600 e.